The van der Waals surface area contributed by atoms with Gasteiger partial charge in [-0.3, -0.25) is 4.98 Å². The summed E-state index contributed by atoms with van der Waals surface area (Å²) in [6, 6.07) is 12.4. The molecule has 1 aliphatic rings. The summed E-state index contributed by atoms with van der Waals surface area (Å²) in [5.41, 5.74) is 4.10. The summed E-state index contributed by atoms with van der Waals surface area (Å²) in [5, 5.41) is 10.3. The summed E-state index contributed by atoms with van der Waals surface area (Å²) in [5.74, 6) is 0.991. The molecular weight excluding hydrogens is 318 g/mol. The van der Waals surface area contributed by atoms with Crippen molar-refractivity contribution in [1.29, 1.82) is 5.26 Å². The molecule has 3 heteroatoms. The fourth-order valence-corrected chi connectivity index (χ4v) is 4.58. The van der Waals surface area contributed by atoms with Gasteiger partial charge >= 0.3 is 0 Å². The summed E-state index contributed by atoms with van der Waals surface area (Å²) in [6.07, 6.45) is 14.4. The van der Waals surface area contributed by atoms with E-state index in [1.165, 1.54) is 68.8 Å². The van der Waals surface area contributed by atoms with Crippen molar-refractivity contribution in [2.75, 3.05) is 0 Å². The van der Waals surface area contributed by atoms with Crippen molar-refractivity contribution in [3.63, 3.8) is 0 Å². The average Bonchev–Trinajstić information content (AvgIpc) is 3.02. The maximum atomic E-state index is 9.21. The Bertz CT molecular complexity index is 926. The van der Waals surface area contributed by atoms with Crippen LogP contribution in [0.15, 0.2) is 36.5 Å². The monoisotopic (exact) mass is 345 g/mol. The van der Waals surface area contributed by atoms with Crippen LogP contribution in [0.5, 0.6) is 0 Å². The first-order valence-electron chi connectivity index (χ1n) is 10.1. The molecule has 1 saturated carbocycles. The average molecular weight is 345 g/mol. The molecule has 3 aromatic rings. The van der Waals surface area contributed by atoms with E-state index in [1.54, 1.807) is 0 Å². The fourth-order valence-electron chi connectivity index (χ4n) is 4.58. The molecule has 2 heterocycles. The minimum atomic E-state index is 0.703. The van der Waals surface area contributed by atoms with Gasteiger partial charge in [0, 0.05) is 18.1 Å². The maximum absolute atomic E-state index is 9.21. The van der Waals surface area contributed by atoms with Crippen molar-refractivity contribution in [3.8, 4) is 6.07 Å². The Kier molecular flexibility index (Phi) is 5.20. The molecule has 0 aliphatic heterocycles. The normalized spacial score (nSPS) is 15.5. The molecule has 4 rings (SSSR count). The smallest absolute Gasteiger partial charge is 0.0991 e. The summed E-state index contributed by atoms with van der Waals surface area (Å²) in [4.78, 5) is 4.58. The number of nitrogens with zero attached hydrogens (tertiary/aromatic N) is 3. The van der Waals surface area contributed by atoms with E-state index >= 15 is 0 Å². The van der Waals surface area contributed by atoms with Crippen molar-refractivity contribution >= 4 is 21.9 Å². The van der Waals surface area contributed by atoms with Gasteiger partial charge in [0.25, 0.3) is 0 Å². The Morgan fingerprint density at radius 2 is 1.92 bits per heavy atom. The van der Waals surface area contributed by atoms with Crippen LogP contribution in [-0.4, -0.2) is 9.55 Å². The second-order valence-electron chi connectivity index (χ2n) is 7.72. The molecule has 0 saturated heterocycles. The van der Waals surface area contributed by atoms with Crippen molar-refractivity contribution in [3.05, 3.63) is 42.1 Å². The van der Waals surface area contributed by atoms with E-state index < -0.39 is 0 Å². The first-order valence-corrected chi connectivity index (χ1v) is 10.1. The van der Waals surface area contributed by atoms with E-state index in [2.05, 4.69) is 27.8 Å². The lowest BCUT2D eigenvalue weighted by Gasteiger charge is -2.21. The third kappa shape index (κ3) is 3.46. The van der Waals surface area contributed by atoms with Crippen LogP contribution in [0, 0.1) is 17.2 Å². The molecule has 3 nitrogen and oxygen atoms in total. The van der Waals surface area contributed by atoms with Gasteiger partial charge in [-0.2, -0.15) is 5.26 Å². The Hall–Kier alpha value is -2.34. The van der Waals surface area contributed by atoms with Crippen LogP contribution in [-0.2, 0) is 6.54 Å². The highest BCUT2D eigenvalue weighted by molar-refractivity contribution is 6.06. The van der Waals surface area contributed by atoms with Gasteiger partial charge in [0.05, 0.1) is 28.2 Å². The van der Waals surface area contributed by atoms with Gasteiger partial charge in [-0.1, -0.05) is 51.4 Å². The van der Waals surface area contributed by atoms with Crippen LogP contribution >= 0.6 is 0 Å². The molecule has 0 amide bonds. The number of fused-ring (bicyclic) bond motifs is 3. The van der Waals surface area contributed by atoms with Gasteiger partial charge in [-0.25, -0.2) is 0 Å². The number of hydrogen-bond donors (Lipinski definition) is 0. The summed E-state index contributed by atoms with van der Waals surface area (Å²) in [7, 11) is 0. The molecule has 0 radical (unpaired) electrons. The molecule has 1 fully saturated rings. The molecule has 1 aromatic carbocycles. The zero-order valence-corrected chi connectivity index (χ0v) is 15.5. The number of rotatable bonds is 6. The van der Waals surface area contributed by atoms with E-state index in [0.717, 1.165) is 23.4 Å². The molecule has 134 valence electrons. The zero-order valence-electron chi connectivity index (χ0n) is 15.5. The summed E-state index contributed by atoms with van der Waals surface area (Å²) < 4.78 is 2.39. The molecule has 0 bridgehead atoms. The molecule has 26 heavy (non-hydrogen) atoms. The van der Waals surface area contributed by atoms with Gasteiger partial charge in [0.2, 0.25) is 0 Å². The van der Waals surface area contributed by atoms with E-state index in [4.69, 9.17) is 0 Å². The summed E-state index contributed by atoms with van der Waals surface area (Å²) >= 11 is 0. The SMILES string of the molecule is N#Cc1ccc2c(c1)c1ncccc1n2CCCCCC1CCCCC1. The second-order valence-corrected chi connectivity index (χ2v) is 7.72. The Labute approximate surface area is 155 Å². The third-order valence-corrected chi connectivity index (χ3v) is 5.97. The van der Waals surface area contributed by atoms with Gasteiger partial charge < -0.3 is 4.57 Å². The molecular formula is C23H27N3. The minimum Gasteiger partial charge on any atom is -0.339 e. The Balaban J connectivity index is 1.46. The molecule has 0 atom stereocenters. The lowest BCUT2D eigenvalue weighted by atomic mass is 9.85. The number of pyridine rings is 1. The third-order valence-electron chi connectivity index (χ3n) is 5.97. The Morgan fingerprint density at radius 1 is 1.04 bits per heavy atom. The molecule has 1 aliphatic carbocycles. The molecule has 0 unspecified atom stereocenters. The molecule has 0 N–H and O–H groups in total. The number of hydrogen-bond acceptors (Lipinski definition) is 2. The lowest BCUT2D eigenvalue weighted by molar-refractivity contribution is 0.327. The van der Waals surface area contributed by atoms with Crippen LogP contribution in [0.4, 0.5) is 0 Å². The number of benzene rings is 1. The van der Waals surface area contributed by atoms with Crippen LogP contribution in [0.3, 0.4) is 0 Å². The van der Waals surface area contributed by atoms with Crippen molar-refractivity contribution in [2.24, 2.45) is 5.92 Å². The highest BCUT2D eigenvalue weighted by atomic mass is 15.0. The predicted molar refractivity (Wildman–Crippen MR) is 107 cm³/mol. The summed E-state index contributed by atoms with van der Waals surface area (Å²) in [6.45, 7) is 1.03. The van der Waals surface area contributed by atoms with Gasteiger partial charge in [0.15, 0.2) is 0 Å². The van der Waals surface area contributed by atoms with Crippen molar-refractivity contribution in [2.45, 2.75) is 64.3 Å². The number of aromatic nitrogens is 2. The van der Waals surface area contributed by atoms with Crippen LogP contribution in [0.25, 0.3) is 21.9 Å². The van der Waals surface area contributed by atoms with Gasteiger partial charge in [-0.05, 0) is 42.7 Å². The fraction of sp³-hybridized carbons (Fsp3) is 0.478. The van der Waals surface area contributed by atoms with Crippen LogP contribution in [0.2, 0.25) is 0 Å². The molecule has 2 aromatic heterocycles. The number of aryl methyl sites for hydroxylation is 1. The quantitative estimate of drug-likeness (QED) is 0.499. The standard InChI is InChI=1S/C23H27N3/c24-17-19-12-13-21-20(16-19)23-22(11-7-14-25-23)26(21)15-6-2-5-10-18-8-3-1-4-9-18/h7,11-14,16,18H,1-6,8-10,15H2. The molecule has 0 spiro atoms. The first-order chi connectivity index (χ1) is 12.9. The highest BCUT2D eigenvalue weighted by Gasteiger charge is 2.14. The van der Waals surface area contributed by atoms with E-state index in [0.29, 0.717) is 5.56 Å². The lowest BCUT2D eigenvalue weighted by Crippen LogP contribution is -2.06. The number of nitriles is 1. The van der Waals surface area contributed by atoms with E-state index in [1.807, 2.05) is 24.4 Å². The first kappa shape index (κ1) is 17.1. The minimum absolute atomic E-state index is 0.703. The zero-order chi connectivity index (χ0) is 17.8. The Morgan fingerprint density at radius 3 is 2.77 bits per heavy atom. The topological polar surface area (TPSA) is 41.6 Å². The van der Waals surface area contributed by atoms with Gasteiger partial charge in [0.1, 0.15) is 0 Å². The van der Waals surface area contributed by atoms with Crippen LogP contribution < -0.4 is 0 Å². The van der Waals surface area contributed by atoms with Gasteiger partial charge in [-0.15, -0.1) is 0 Å². The van der Waals surface area contributed by atoms with Crippen LogP contribution in [0.1, 0.15) is 63.4 Å². The van der Waals surface area contributed by atoms with Crippen molar-refractivity contribution in [1.82, 2.24) is 9.55 Å². The highest BCUT2D eigenvalue weighted by Crippen LogP contribution is 2.30. The maximum Gasteiger partial charge on any atom is 0.0991 e. The van der Waals surface area contributed by atoms with Crippen molar-refractivity contribution < 1.29 is 0 Å². The predicted octanol–water partition coefficient (Wildman–Crippen LogP) is 6.20. The second kappa shape index (κ2) is 7.91. The number of unbranched alkanes of at least 4 members (excludes halogenated alkanes) is 2. The van der Waals surface area contributed by atoms with E-state index in [9.17, 15) is 5.26 Å². The largest absolute Gasteiger partial charge is 0.339 e. The van der Waals surface area contributed by atoms with E-state index in [-0.39, 0.29) is 0 Å².